The molecule has 1 rings (SSSR count). The summed E-state index contributed by atoms with van der Waals surface area (Å²) in [6.07, 6.45) is -0.511. The van der Waals surface area contributed by atoms with Gasteiger partial charge in [0.05, 0.1) is 6.10 Å². The number of rotatable bonds is 3. The molecule has 4 nitrogen and oxygen atoms in total. The molecule has 0 aromatic carbocycles. The van der Waals surface area contributed by atoms with Crippen LogP contribution in [0.2, 0.25) is 0 Å². The first kappa shape index (κ1) is 9.92. The van der Waals surface area contributed by atoms with Crippen LogP contribution in [0.3, 0.4) is 0 Å². The first-order valence-electron chi connectivity index (χ1n) is 4.50. The molecule has 0 saturated carbocycles. The molecule has 0 bridgehead atoms. The Bertz CT molecular complexity index is 124. The predicted molar refractivity (Wildman–Crippen MR) is 46.7 cm³/mol. The second-order valence-corrected chi connectivity index (χ2v) is 3.23. The molecule has 0 aromatic heterocycles. The van der Waals surface area contributed by atoms with Crippen molar-refractivity contribution in [1.29, 1.82) is 0 Å². The average Bonchev–Trinajstić information content (AvgIpc) is 2.06. The Morgan fingerprint density at radius 3 is 2.42 bits per heavy atom. The van der Waals surface area contributed by atoms with E-state index in [2.05, 4.69) is 5.32 Å². The Kier molecular flexibility index (Phi) is 3.94. The van der Waals surface area contributed by atoms with E-state index in [9.17, 15) is 5.11 Å². The van der Waals surface area contributed by atoms with Crippen molar-refractivity contribution in [2.24, 2.45) is 0 Å². The third-order valence-electron chi connectivity index (χ3n) is 2.07. The van der Waals surface area contributed by atoms with Crippen molar-refractivity contribution in [2.75, 3.05) is 26.2 Å². The van der Waals surface area contributed by atoms with E-state index >= 15 is 0 Å². The Morgan fingerprint density at radius 1 is 1.33 bits per heavy atom. The topological polar surface area (TPSA) is 44.7 Å². The van der Waals surface area contributed by atoms with Gasteiger partial charge in [-0.25, -0.2) is 0 Å². The SMILES string of the molecule is CC(O)C(C)ON1CCNCC1. The molecule has 1 heterocycles. The van der Waals surface area contributed by atoms with E-state index < -0.39 is 6.10 Å². The van der Waals surface area contributed by atoms with Crippen molar-refractivity contribution < 1.29 is 9.94 Å². The fourth-order valence-corrected chi connectivity index (χ4v) is 1.07. The zero-order valence-corrected chi connectivity index (χ0v) is 7.79. The Balaban J connectivity index is 2.20. The lowest BCUT2D eigenvalue weighted by Gasteiger charge is -2.30. The van der Waals surface area contributed by atoms with Crippen molar-refractivity contribution >= 4 is 0 Å². The van der Waals surface area contributed by atoms with Gasteiger partial charge in [-0.05, 0) is 13.8 Å². The highest BCUT2D eigenvalue weighted by Crippen LogP contribution is 2.02. The second kappa shape index (κ2) is 4.77. The smallest absolute Gasteiger partial charge is 0.102 e. The number of hydroxylamine groups is 2. The van der Waals surface area contributed by atoms with Crippen LogP contribution in [-0.2, 0) is 4.84 Å². The summed E-state index contributed by atoms with van der Waals surface area (Å²) in [6, 6.07) is 0. The minimum Gasteiger partial charge on any atom is -0.391 e. The van der Waals surface area contributed by atoms with Crippen LogP contribution in [0.25, 0.3) is 0 Å². The van der Waals surface area contributed by atoms with Crippen LogP contribution in [0.15, 0.2) is 0 Å². The largest absolute Gasteiger partial charge is 0.391 e. The predicted octanol–water partition coefficient (Wildman–Crippen LogP) is -0.407. The normalized spacial score (nSPS) is 25.2. The maximum atomic E-state index is 9.18. The minimum atomic E-state index is -0.403. The molecule has 1 aliphatic rings. The van der Waals surface area contributed by atoms with Gasteiger partial charge in [0.1, 0.15) is 6.10 Å². The van der Waals surface area contributed by atoms with Crippen molar-refractivity contribution in [2.45, 2.75) is 26.1 Å². The van der Waals surface area contributed by atoms with Gasteiger partial charge in [-0.1, -0.05) is 0 Å². The van der Waals surface area contributed by atoms with E-state index in [1.807, 2.05) is 12.0 Å². The van der Waals surface area contributed by atoms with Crippen molar-refractivity contribution in [1.82, 2.24) is 10.4 Å². The Hall–Kier alpha value is -0.160. The second-order valence-electron chi connectivity index (χ2n) is 3.23. The summed E-state index contributed by atoms with van der Waals surface area (Å²) in [5.41, 5.74) is 0. The molecule has 4 heteroatoms. The van der Waals surface area contributed by atoms with Crippen LogP contribution in [0.4, 0.5) is 0 Å². The van der Waals surface area contributed by atoms with E-state index in [-0.39, 0.29) is 6.10 Å². The van der Waals surface area contributed by atoms with E-state index in [1.165, 1.54) is 0 Å². The Morgan fingerprint density at radius 2 is 1.92 bits per heavy atom. The first-order valence-corrected chi connectivity index (χ1v) is 4.50. The van der Waals surface area contributed by atoms with Gasteiger partial charge in [0, 0.05) is 26.2 Å². The fourth-order valence-electron chi connectivity index (χ4n) is 1.07. The average molecular weight is 174 g/mol. The molecular formula is C8H18N2O2. The molecule has 0 amide bonds. The zero-order chi connectivity index (χ0) is 8.97. The Labute approximate surface area is 73.5 Å². The van der Waals surface area contributed by atoms with E-state index in [0.29, 0.717) is 0 Å². The standard InChI is InChI=1S/C8H18N2O2/c1-7(11)8(2)12-10-5-3-9-4-6-10/h7-9,11H,3-6H2,1-2H3. The number of piperazine rings is 1. The summed E-state index contributed by atoms with van der Waals surface area (Å²) >= 11 is 0. The molecule has 72 valence electrons. The zero-order valence-electron chi connectivity index (χ0n) is 7.79. The maximum Gasteiger partial charge on any atom is 0.102 e. The van der Waals surface area contributed by atoms with Gasteiger partial charge in [0.2, 0.25) is 0 Å². The van der Waals surface area contributed by atoms with Crippen molar-refractivity contribution in [3.05, 3.63) is 0 Å². The number of aliphatic hydroxyl groups excluding tert-OH is 1. The molecule has 1 fully saturated rings. The highest BCUT2D eigenvalue weighted by Gasteiger charge is 2.16. The molecule has 12 heavy (non-hydrogen) atoms. The summed E-state index contributed by atoms with van der Waals surface area (Å²) in [6.45, 7) is 7.35. The number of nitrogens with zero attached hydrogens (tertiary/aromatic N) is 1. The van der Waals surface area contributed by atoms with E-state index in [1.54, 1.807) is 6.92 Å². The number of hydrogen-bond donors (Lipinski definition) is 2. The molecule has 0 radical (unpaired) electrons. The highest BCUT2D eigenvalue weighted by atomic mass is 16.7. The number of nitrogens with one attached hydrogen (secondary N) is 1. The van der Waals surface area contributed by atoms with Crippen molar-refractivity contribution in [3.8, 4) is 0 Å². The lowest BCUT2D eigenvalue weighted by molar-refractivity contribution is -0.217. The van der Waals surface area contributed by atoms with Crippen LogP contribution in [0.5, 0.6) is 0 Å². The van der Waals surface area contributed by atoms with E-state index in [4.69, 9.17) is 4.84 Å². The number of hydrogen-bond acceptors (Lipinski definition) is 4. The fraction of sp³-hybridized carbons (Fsp3) is 1.00. The van der Waals surface area contributed by atoms with Crippen LogP contribution < -0.4 is 5.32 Å². The highest BCUT2D eigenvalue weighted by molar-refractivity contribution is 4.63. The van der Waals surface area contributed by atoms with Crippen LogP contribution >= 0.6 is 0 Å². The first-order chi connectivity index (χ1) is 5.70. The maximum absolute atomic E-state index is 9.18. The molecular weight excluding hydrogens is 156 g/mol. The van der Waals surface area contributed by atoms with Crippen molar-refractivity contribution in [3.63, 3.8) is 0 Å². The lowest BCUT2D eigenvalue weighted by atomic mass is 10.3. The lowest BCUT2D eigenvalue weighted by Crippen LogP contribution is -2.46. The van der Waals surface area contributed by atoms with Crippen LogP contribution in [0.1, 0.15) is 13.8 Å². The third kappa shape index (κ3) is 3.06. The van der Waals surface area contributed by atoms with Gasteiger partial charge in [0.25, 0.3) is 0 Å². The van der Waals surface area contributed by atoms with Gasteiger partial charge in [0.15, 0.2) is 0 Å². The monoisotopic (exact) mass is 174 g/mol. The third-order valence-corrected chi connectivity index (χ3v) is 2.07. The molecule has 0 aliphatic carbocycles. The van der Waals surface area contributed by atoms with Crippen LogP contribution in [0, 0.1) is 0 Å². The molecule has 2 atom stereocenters. The van der Waals surface area contributed by atoms with Gasteiger partial charge in [-0.3, -0.25) is 4.84 Å². The molecule has 0 aromatic rings. The molecule has 2 N–H and O–H groups in total. The van der Waals surface area contributed by atoms with Gasteiger partial charge in [-0.2, -0.15) is 5.06 Å². The summed E-state index contributed by atoms with van der Waals surface area (Å²) < 4.78 is 0. The summed E-state index contributed by atoms with van der Waals surface area (Å²) in [4.78, 5) is 5.50. The summed E-state index contributed by atoms with van der Waals surface area (Å²) in [5.74, 6) is 0. The minimum absolute atomic E-state index is 0.108. The van der Waals surface area contributed by atoms with Crippen LogP contribution in [-0.4, -0.2) is 48.6 Å². The van der Waals surface area contributed by atoms with Gasteiger partial charge < -0.3 is 10.4 Å². The van der Waals surface area contributed by atoms with E-state index in [0.717, 1.165) is 26.2 Å². The van der Waals surface area contributed by atoms with Gasteiger partial charge >= 0.3 is 0 Å². The molecule has 0 spiro atoms. The van der Waals surface area contributed by atoms with Gasteiger partial charge in [-0.15, -0.1) is 0 Å². The molecule has 1 saturated heterocycles. The molecule has 2 unspecified atom stereocenters. The number of aliphatic hydroxyl groups is 1. The summed E-state index contributed by atoms with van der Waals surface area (Å²) in [7, 11) is 0. The quantitative estimate of drug-likeness (QED) is 0.610. The summed E-state index contributed by atoms with van der Waals surface area (Å²) in [5, 5.41) is 14.3. The molecule has 1 aliphatic heterocycles.